The van der Waals surface area contributed by atoms with Crippen molar-refractivity contribution in [2.75, 3.05) is 13.6 Å². The number of carboxylic acid groups (broad SMARTS) is 1. The summed E-state index contributed by atoms with van der Waals surface area (Å²) in [6.07, 6.45) is 0.416. The minimum absolute atomic E-state index is 0.140. The fourth-order valence-electron chi connectivity index (χ4n) is 0.975. The van der Waals surface area contributed by atoms with Gasteiger partial charge in [-0.1, -0.05) is 6.92 Å². The number of hydrogen-bond donors (Lipinski definition) is 4. The lowest BCUT2D eigenvalue weighted by molar-refractivity contribution is -0.138. The highest BCUT2D eigenvalue weighted by Crippen LogP contribution is 2.02. The molecule has 0 rings (SSSR count). The molecule has 0 heterocycles. The van der Waals surface area contributed by atoms with Crippen molar-refractivity contribution in [1.82, 2.24) is 5.32 Å². The van der Waals surface area contributed by atoms with Crippen LogP contribution in [0.3, 0.4) is 0 Å². The van der Waals surface area contributed by atoms with Crippen LogP contribution < -0.4 is 16.8 Å². The molecule has 6 N–H and O–H groups in total. The van der Waals surface area contributed by atoms with Crippen molar-refractivity contribution in [1.29, 1.82) is 0 Å². The van der Waals surface area contributed by atoms with E-state index >= 15 is 0 Å². The Labute approximate surface area is 83.4 Å². The third-order valence-electron chi connectivity index (χ3n) is 1.85. The van der Waals surface area contributed by atoms with Crippen LogP contribution in [0.4, 0.5) is 0 Å². The van der Waals surface area contributed by atoms with Gasteiger partial charge in [0.1, 0.15) is 6.04 Å². The first-order valence-corrected chi connectivity index (χ1v) is 4.41. The molecule has 2 unspecified atom stereocenters. The van der Waals surface area contributed by atoms with Gasteiger partial charge in [-0.2, -0.15) is 0 Å². The van der Waals surface area contributed by atoms with Crippen LogP contribution >= 0.6 is 0 Å². The van der Waals surface area contributed by atoms with Crippen molar-refractivity contribution in [2.24, 2.45) is 22.4 Å². The minimum Gasteiger partial charge on any atom is -0.480 e. The van der Waals surface area contributed by atoms with E-state index in [2.05, 4.69) is 10.3 Å². The third kappa shape index (κ3) is 5.36. The van der Waals surface area contributed by atoms with Crippen molar-refractivity contribution in [3.05, 3.63) is 0 Å². The average molecular weight is 202 g/mol. The Morgan fingerprint density at radius 1 is 1.64 bits per heavy atom. The second-order valence-electron chi connectivity index (χ2n) is 3.28. The maximum atomic E-state index is 10.4. The number of carboxylic acids is 1. The first kappa shape index (κ1) is 12.7. The average Bonchev–Trinajstić information content (AvgIpc) is 2.13. The molecule has 0 aliphatic rings. The number of hydrogen-bond acceptors (Lipinski definition) is 3. The molecule has 2 atom stereocenters. The molecule has 0 aliphatic heterocycles. The Bertz CT molecular complexity index is 217. The summed E-state index contributed by atoms with van der Waals surface area (Å²) < 4.78 is 0. The number of nitrogens with zero attached hydrogens (tertiary/aromatic N) is 1. The maximum Gasteiger partial charge on any atom is 0.320 e. The van der Waals surface area contributed by atoms with Gasteiger partial charge in [0.05, 0.1) is 0 Å². The summed E-state index contributed by atoms with van der Waals surface area (Å²) in [4.78, 5) is 14.1. The van der Waals surface area contributed by atoms with Crippen molar-refractivity contribution < 1.29 is 9.90 Å². The molecule has 6 nitrogen and oxygen atoms in total. The lowest BCUT2D eigenvalue weighted by Crippen LogP contribution is -2.38. The number of guanidine groups is 1. The second kappa shape index (κ2) is 6.20. The second-order valence-corrected chi connectivity index (χ2v) is 3.28. The molecule has 0 fully saturated rings. The summed E-state index contributed by atoms with van der Waals surface area (Å²) in [6, 6.07) is -0.813. The van der Waals surface area contributed by atoms with Gasteiger partial charge in [-0.05, 0) is 12.3 Å². The number of nitrogens with one attached hydrogen (secondary N) is 1. The zero-order valence-electron chi connectivity index (χ0n) is 8.53. The summed E-state index contributed by atoms with van der Waals surface area (Å²) in [6.45, 7) is 2.48. The number of carbonyl (C=O) groups is 1. The zero-order valence-corrected chi connectivity index (χ0v) is 8.53. The van der Waals surface area contributed by atoms with Crippen LogP contribution in [0.2, 0.25) is 0 Å². The fourth-order valence-corrected chi connectivity index (χ4v) is 0.975. The molecule has 0 radical (unpaired) electrons. The molecule has 0 spiro atoms. The lowest BCUT2D eigenvalue weighted by Gasteiger charge is -2.14. The zero-order chi connectivity index (χ0) is 11.1. The molecule has 0 aliphatic carbocycles. The SMILES string of the molecule is CN=C(N)NCC(C)CC(N)C(=O)O. The van der Waals surface area contributed by atoms with Gasteiger partial charge in [-0.25, -0.2) is 0 Å². The van der Waals surface area contributed by atoms with Gasteiger partial charge in [0.25, 0.3) is 0 Å². The van der Waals surface area contributed by atoms with Crippen molar-refractivity contribution >= 4 is 11.9 Å². The Hall–Kier alpha value is -1.30. The smallest absolute Gasteiger partial charge is 0.320 e. The van der Waals surface area contributed by atoms with E-state index in [4.69, 9.17) is 16.6 Å². The predicted molar refractivity (Wildman–Crippen MR) is 54.9 cm³/mol. The summed E-state index contributed by atoms with van der Waals surface area (Å²) in [5.74, 6) is -0.490. The van der Waals surface area contributed by atoms with Gasteiger partial charge in [0.15, 0.2) is 5.96 Å². The van der Waals surface area contributed by atoms with Gasteiger partial charge in [0.2, 0.25) is 0 Å². The molecular weight excluding hydrogens is 184 g/mol. The van der Waals surface area contributed by atoms with Crippen LogP contribution in [0.25, 0.3) is 0 Å². The molecule has 14 heavy (non-hydrogen) atoms. The molecule has 0 aromatic carbocycles. The topological polar surface area (TPSA) is 114 Å². The monoisotopic (exact) mass is 202 g/mol. The molecule has 0 amide bonds. The maximum absolute atomic E-state index is 10.4. The molecule has 6 heteroatoms. The van der Waals surface area contributed by atoms with Crippen LogP contribution in [0.15, 0.2) is 4.99 Å². The highest BCUT2D eigenvalue weighted by Gasteiger charge is 2.15. The first-order valence-electron chi connectivity index (χ1n) is 4.41. The Morgan fingerprint density at radius 2 is 2.21 bits per heavy atom. The van der Waals surface area contributed by atoms with Crippen LogP contribution in [0.5, 0.6) is 0 Å². The molecule has 0 aromatic heterocycles. The lowest BCUT2D eigenvalue weighted by atomic mass is 10.0. The molecule has 0 saturated heterocycles. The van der Waals surface area contributed by atoms with E-state index < -0.39 is 12.0 Å². The van der Waals surface area contributed by atoms with Gasteiger partial charge in [-0.15, -0.1) is 0 Å². The third-order valence-corrected chi connectivity index (χ3v) is 1.85. The van der Waals surface area contributed by atoms with Gasteiger partial charge in [-0.3, -0.25) is 9.79 Å². The summed E-state index contributed by atoms with van der Waals surface area (Å²) in [5.41, 5.74) is 10.8. The van der Waals surface area contributed by atoms with Crippen LogP contribution in [-0.2, 0) is 4.79 Å². The van der Waals surface area contributed by atoms with E-state index in [0.29, 0.717) is 18.9 Å². The van der Waals surface area contributed by atoms with Crippen LogP contribution in [0.1, 0.15) is 13.3 Å². The fraction of sp³-hybridized carbons (Fsp3) is 0.750. The van der Waals surface area contributed by atoms with E-state index in [0.717, 1.165) is 0 Å². The predicted octanol–water partition coefficient (Wildman–Crippen LogP) is -1.04. The quantitative estimate of drug-likeness (QED) is 0.336. The van der Waals surface area contributed by atoms with E-state index in [1.54, 1.807) is 7.05 Å². The van der Waals surface area contributed by atoms with Gasteiger partial charge >= 0.3 is 5.97 Å². The van der Waals surface area contributed by atoms with E-state index in [1.807, 2.05) is 6.92 Å². The van der Waals surface area contributed by atoms with Crippen molar-refractivity contribution in [2.45, 2.75) is 19.4 Å². The molecule has 0 saturated carbocycles. The Kier molecular flexibility index (Phi) is 5.62. The normalized spacial score (nSPS) is 16.1. The number of aliphatic carboxylic acids is 1. The highest BCUT2D eigenvalue weighted by atomic mass is 16.4. The summed E-state index contributed by atoms with van der Waals surface area (Å²) in [5, 5.41) is 11.4. The highest BCUT2D eigenvalue weighted by molar-refractivity contribution is 5.77. The largest absolute Gasteiger partial charge is 0.480 e. The first-order chi connectivity index (χ1) is 6.47. The summed E-state index contributed by atoms with van der Waals surface area (Å²) in [7, 11) is 1.58. The number of rotatable bonds is 5. The van der Waals surface area contributed by atoms with Crippen molar-refractivity contribution in [3.8, 4) is 0 Å². The van der Waals surface area contributed by atoms with Crippen LogP contribution in [0, 0.1) is 5.92 Å². The number of aliphatic imine (C=N–C) groups is 1. The number of nitrogens with two attached hydrogens (primary N) is 2. The van der Waals surface area contributed by atoms with E-state index in [9.17, 15) is 4.79 Å². The Morgan fingerprint density at radius 3 is 2.64 bits per heavy atom. The molecule has 0 bridgehead atoms. The van der Waals surface area contributed by atoms with Gasteiger partial charge in [0, 0.05) is 13.6 Å². The molecule has 0 aromatic rings. The minimum atomic E-state index is -0.978. The molecular formula is C8H18N4O2. The molecule has 82 valence electrons. The van der Waals surface area contributed by atoms with Crippen molar-refractivity contribution in [3.63, 3.8) is 0 Å². The summed E-state index contributed by atoms with van der Waals surface area (Å²) >= 11 is 0. The standard InChI is InChI=1S/C8H18N4O2/c1-5(3-6(9)7(13)14)4-12-8(10)11-2/h5-6H,3-4,9H2,1-2H3,(H,13,14)(H3,10,11,12). The Balaban J connectivity index is 3.76. The van der Waals surface area contributed by atoms with Gasteiger partial charge < -0.3 is 21.9 Å². The van der Waals surface area contributed by atoms with E-state index in [-0.39, 0.29) is 5.92 Å². The van der Waals surface area contributed by atoms with Crippen LogP contribution in [-0.4, -0.2) is 36.7 Å². The van der Waals surface area contributed by atoms with E-state index in [1.165, 1.54) is 0 Å².